The molecule has 0 amide bonds. The van der Waals surface area contributed by atoms with Gasteiger partial charge in [-0.1, -0.05) is 29.3 Å². The van der Waals surface area contributed by atoms with Crippen molar-refractivity contribution in [1.82, 2.24) is 0 Å². The molecule has 0 atom stereocenters. The first-order valence-corrected chi connectivity index (χ1v) is 8.12. The van der Waals surface area contributed by atoms with E-state index in [1.54, 1.807) is 26.0 Å². The van der Waals surface area contributed by atoms with Gasteiger partial charge in [0.05, 0.1) is 10.6 Å². The normalized spacial score (nSPS) is 11.5. The van der Waals surface area contributed by atoms with Gasteiger partial charge in [-0.15, -0.1) is 0 Å². The van der Waals surface area contributed by atoms with E-state index in [9.17, 15) is 12.8 Å². The maximum absolute atomic E-state index is 13.7. The number of hydrogen-bond acceptors (Lipinski definition) is 2. The van der Waals surface area contributed by atoms with Gasteiger partial charge in [0, 0.05) is 5.02 Å². The minimum Gasteiger partial charge on any atom is -0.277 e. The maximum Gasteiger partial charge on any atom is 0.262 e. The highest BCUT2D eigenvalue weighted by Gasteiger charge is 2.21. The van der Waals surface area contributed by atoms with Gasteiger partial charge in [0.25, 0.3) is 10.0 Å². The number of sulfonamides is 1. The number of aryl methyl sites for hydroxylation is 3. The molecule has 0 aliphatic heterocycles. The molecule has 0 heterocycles. The molecule has 112 valence electrons. The lowest BCUT2D eigenvalue weighted by Crippen LogP contribution is -2.16. The van der Waals surface area contributed by atoms with Crippen molar-refractivity contribution < 1.29 is 12.8 Å². The summed E-state index contributed by atoms with van der Waals surface area (Å²) in [5.74, 6) is -0.676. The Morgan fingerprint density at radius 3 is 2.19 bits per heavy atom. The topological polar surface area (TPSA) is 46.2 Å². The lowest BCUT2D eigenvalue weighted by atomic mass is 10.1. The van der Waals surface area contributed by atoms with Gasteiger partial charge < -0.3 is 0 Å². The van der Waals surface area contributed by atoms with Crippen LogP contribution in [0.15, 0.2) is 35.2 Å². The molecule has 0 saturated carbocycles. The summed E-state index contributed by atoms with van der Waals surface area (Å²) < 4.78 is 40.9. The Bertz CT molecular complexity index is 780. The molecule has 3 nitrogen and oxygen atoms in total. The number of benzene rings is 2. The fourth-order valence-electron chi connectivity index (χ4n) is 2.36. The molecule has 2 aromatic rings. The van der Waals surface area contributed by atoms with Crippen LogP contribution in [0.3, 0.4) is 0 Å². The fourth-order valence-corrected chi connectivity index (χ4v) is 4.05. The van der Waals surface area contributed by atoms with E-state index in [4.69, 9.17) is 11.6 Å². The Hall–Kier alpha value is -1.59. The SMILES string of the molecule is Cc1cc(C)c(S(=O)(=O)Nc2cc(Cl)ccc2F)c(C)c1. The lowest BCUT2D eigenvalue weighted by Gasteiger charge is -2.14. The number of anilines is 1. The standard InChI is InChI=1S/C15H15ClFNO2S/c1-9-6-10(2)15(11(3)7-9)21(19,20)18-14-8-12(16)4-5-13(14)17/h4-8,18H,1-3H3. The zero-order valence-electron chi connectivity index (χ0n) is 11.9. The summed E-state index contributed by atoms with van der Waals surface area (Å²) in [5, 5.41) is 0.256. The van der Waals surface area contributed by atoms with Crippen LogP contribution >= 0.6 is 11.6 Å². The number of halogens is 2. The van der Waals surface area contributed by atoms with Crippen molar-refractivity contribution in [3.63, 3.8) is 0 Å². The molecule has 0 aromatic heterocycles. The van der Waals surface area contributed by atoms with E-state index in [2.05, 4.69) is 4.72 Å². The van der Waals surface area contributed by atoms with E-state index in [0.29, 0.717) is 11.1 Å². The van der Waals surface area contributed by atoms with Crippen LogP contribution in [-0.4, -0.2) is 8.42 Å². The van der Waals surface area contributed by atoms with Crippen molar-refractivity contribution >= 4 is 27.3 Å². The van der Waals surface area contributed by atoms with Gasteiger partial charge in [-0.2, -0.15) is 0 Å². The Balaban J connectivity index is 2.51. The first kappa shape index (κ1) is 15.8. The predicted molar refractivity (Wildman–Crippen MR) is 82.9 cm³/mol. The molecule has 1 N–H and O–H groups in total. The maximum atomic E-state index is 13.7. The minimum atomic E-state index is -3.88. The van der Waals surface area contributed by atoms with Crippen LogP contribution < -0.4 is 4.72 Å². The molecule has 0 aliphatic rings. The van der Waals surface area contributed by atoms with Crippen LogP contribution in [0.2, 0.25) is 5.02 Å². The monoisotopic (exact) mass is 327 g/mol. The molecular weight excluding hydrogens is 313 g/mol. The van der Waals surface area contributed by atoms with E-state index in [-0.39, 0.29) is 15.6 Å². The van der Waals surface area contributed by atoms with Gasteiger partial charge in [-0.25, -0.2) is 12.8 Å². The molecule has 0 bridgehead atoms. The molecule has 21 heavy (non-hydrogen) atoms. The summed E-state index contributed by atoms with van der Waals surface area (Å²) >= 11 is 5.77. The number of hydrogen-bond donors (Lipinski definition) is 1. The zero-order valence-corrected chi connectivity index (χ0v) is 13.4. The Morgan fingerprint density at radius 1 is 1.05 bits per heavy atom. The average Bonchev–Trinajstić information content (AvgIpc) is 2.31. The third kappa shape index (κ3) is 3.36. The van der Waals surface area contributed by atoms with Crippen molar-refractivity contribution in [1.29, 1.82) is 0 Å². The number of nitrogens with one attached hydrogen (secondary N) is 1. The third-order valence-electron chi connectivity index (χ3n) is 3.05. The van der Waals surface area contributed by atoms with Gasteiger partial charge in [0.2, 0.25) is 0 Å². The highest BCUT2D eigenvalue weighted by molar-refractivity contribution is 7.92. The van der Waals surface area contributed by atoms with Crippen LogP contribution in [0, 0.1) is 26.6 Å². The Morgan fingerprint density at radius 2 is 1.62 bits per heavy atom. The molecule has 2 rings (SSSR count). The molecule has 0 unspecified atom stereocenters. The smallest absolute Gasteiger partial charge is 0.262 e. The average molecular weight is 328 g/mol. The van der Waals surface area contributed by atoms with Crippen molar-refractivity contribution in [2.75, 3.05) is 4.72 Å². The molecule has 2 aromatic carbocycles. The fraction of sp³-hybridized carbons (Fsp3) is 0.200. The van der Waals surface area contributed by atoms with E-state index < -0.39 is 15.8 Å². The predicted octanol–water partition coefficient (Wildman–Crippen LogP) is 4.21. The van der Waals surface area contributed by atoms with Crippen molar-refractivity contribution in [3.05, 3.63) is 57.9 Å². The summed E-state index contributed by atoms with van der Waals surface area (Å²) in [5.41, 5.74) is 2.03. The Labute approximate surface area is 128 Å². The molecule has 0 radical (unpaired) electrons. The van der Waals surface area contributed by atoms with Gasteiger partial charge in [-0.3, -0.25) is 4.72 Å². The first-order valence-electron chi connectivity index (χ1n) is 6.26. The largest absolute Gasteiger partial charge is 0.277 e. The van der Waals surface area contributed by atoms with Gasteiger partial charge in [0.15, 0.2) is 0 Å². The van der Waals surface area contributed by atoms with Gasteiger partial charge >= 0.3 is 0 Å². The van der Waals surface area contributed by atoms with Crippen LogP contribution in [0.4, 0.5) is 10.1 Å². The second kappa shape index (κ2) is 5.66. The number of rotatable bonds is 3. The highest BCUT2D eigenvalue weighted by atomic mass is 35.5. The first-order chi connectivity index (χ1) is 9.70. The van der Waals surface area contributed by atoms with E-state index in [1.807, 2.05) is 6.92 Å². The van der Waals surface area contributed by atoms with E-state index in [1.165, 1.54) is 12.1 Å². The molecule has 0 saturated heterocycles. The van der Waals surface area contributed by atoms with Crippen LogP contribution in [0.25, 0.3) is 0 Å². The van der Waals surface area contributed by atoms with Crippen molar-refractivity contribution in [2.45, 2.75) is 25.7 Å². The van der Waals surface area contributed by atoms with E-state index in [0.717, 1.165) is 11.6 Å². The van der Waals surface area contributed by atoms with Crippen LogP contribution in [0.1, 0.15) is 16.7 Å². The summed E-state index contributed by atoms with van der Waals surface area (Å²) in [6.07, 6.45) is 0. The van der Waals surface area contributed by atoms with E-state index >= 15 is 0 Å². The van der Waals surface area contributed by atoms with Crippen LogP contribution in [0.5, 0.6) is 0 Å². The highest BCUT2D eigenvalue weighted by Crippen LogP contribution is 2.26. The molecule has 6 heteroatoms. The summed E-state index contributed by atoms with van der Waals surface area (Å²) in [4.78, 5) is 0.160. The summed E-state index contributed by atoms with van der Waals surface area (Å²) in [7, 11) is -3.88. The second-order valence-electron chi connectivity index (χ2n) is 4.96. The minimum absolute atomic E-state index is 0.160. The molecule has 0 spiro atoms. The lowest BCUT2D eigenvalue weighted by molar-refractivity contribution is 0.597. The van der Waals surface area contributed by atoms with Gasteiger partial charge in [-0.05, 0) is 50.1 Å². The zero-order chi connectivity index (χ0) is 15.8. The van der Waals surface area contributed by atoms with Gasteiger partial charge in [0.1, 0.15) is 5.82 Å². The summed E-state index contributed by atoms with van der Waals surface area (Å²) in [6.45, 7) is 5.31. The molecular formula is C15H15ClFNO2S. The van der Waals surface area contributed by atoms with Crippen LogP contribution in [-0.2, 0) is 10.0 Å². The van der Waals surface area contributed by atoms with Crippen molar-refractivity contribution in [2.24, 2.45) is 0 Å². The molecule has 0 aliphatic carbocycles. The van der Waals surface area contributed by atoms with Crippen molar-refractivity contribution in [3.8, 4) is 0 Å². The third-order valence-corrected chi connectivity index (χ3v) is 4.95. The molecule has 0 fully saturated rings. The summed E-state index contributed by atoms with van der Waals surface area (Å²) in [6, 6.07) is 7.27. The Kier molecular flexibility index (Phi) is 4.25. The quantitative estimate of drug-likeness (QED) is 0.918. The second-order valence-corrected chi connectivity index (χ2v) is 7.01.